The Morgan fingerprint density at radius 2 is 1.56 bits per heavy atom. The van der Waals surface area contributed by atoms with Crippen LogP contribution in [0.15, 0.2) is 54.6 Å². The number of rotatable bonds is 6. The van der Waals surface area contributed by atoms with Gasteiger partial charge in [-0.25, -0.2) is 4.98 Å². The summed E-state index contributed by atoms with van der Waals surface area (Å²) >= 11 is 0. The highest BCUT2D eigenvalue weighted by molar-refractivity contribution is 5.76. The first kappa shape index (κ1) is 21.7. The Bertz CT molecular complexity index is 993. The molecule has 0 atom stereocenters. The van der Waals surface area contributed by atoms with Crippen LogP contribution in [0.25, 0.3) is 11.0 Å². The van der Waals surface area contributed by atoms with Crippen molar-refractivity contribution < 1.29 is 0 Å². The number of nitrogens with two attached hydrogens (primary N) is 1. The molecule has 3 aromatic rings. The van der Waals surface area contributed by atoms with E-state index < -0.39 is 0 Å². The molecule has 5 rings (SSSR count). The van der Waals surface area contributed by atoms with Crippen LogP contribution in [0.2, 0.25) is 0 Å². The molecule has 32 heavy (non-hydrogen) atoms. The molecule has 1 saturated heterocycles. The van der Waals surface area contributed by atoms with Crippen molar-refractivity contribution in [2.75, 3.05) is 19.6 Å². The summed E-state index contributed by atoms with van der Waals surface area (Å²) in [7, 11) is 0. The molecule has 1 aromatic heterocycles. The van der Waals surface area contributed by atoms with E-state index in [2.05, 4.69) is 64.1 Å². The lowest BCUT2D eigenvalue weighted by Crippen LogP contribution is -2.50. The first-order chi connectivity index (χ1) is 15.8. The van der Waals surface area contributed by atoms with Gasteiger partial charge in [0.2, 0.25) is 0 Å². The fourth-order valence-electron chi connectivity index (χ4n) is 6.34. The van der Waals surface area contributed by atoms with Gasteiger partial charge in [0.25, 0.3) is 0 Å². The Balaban J connectivity index is 1.41. The lowest BCUT2D eigenvalue weighted by Gasteiger charge is -2.48. The van der Waals surface area contributed by atoms with Crippen molar-refractivity contribution in [2.45, 2.75) is 75.8 Å². The van der Waals surface area contributed by atoms with Crippen molar-refractivity contribution in [1.82, 2.24) is 14.5 Å². The number of likely N-dealkylation sites (tertiary alicyclic amines) is 1. The summed E-state index contributed by atoms with van der Waals surface area (Å²) in [6, 6.07) is 20.6. The summed E-state index contributed by atoms with van der Waals surface area (Å²) < 4.78 is 2.56. The van der Waals surface area contributed by atoms with Gasteiger partial charge in [-0.3, -0.25) is 4.90 Å². The van der Waals surface area contributed by atoms with Gasteiger partial charge >= 0.3 is 0 Å². The van der Waals surface area contributed by atoms with Crippen LogP contribution in [0.5, 0.6) is 0 Å². The van der Waals surface area contributed by atoms with Gasteiger partial charge in [0.05, 0.1) is 11.0 Å². The quantitative estimate of drug-likeness (QED) is 0.502. The zero-order valence-corrected chi connectivity index (χ0v) is 19.4. The van der Waals surface area contributed by atoms with Crippen LogP contribution in [0.4, 0.5) is 0 Å². The standard InChI is InChI=1S/C28H38N4/c29-20-10-15-27-30-25-13-6-7-14-26(25)32(27)24-16-21-31(22-17-24)28(18-8-1-2-9-19-28)23-11-4-3-5-12-23/h3-7,11-14,24H,1-2,8-10,15-22,29H2. The Morgan fingerprint density at radius 1 is 0.875 bits per heavy atom. The van der Waals surface area contributed by atoms with E-state index in [-0.39, 0.29) is 5.54 Å². The predicted molar refractivity (Wildman–Crippen MR) is 133 cm³/mol. The molecule has 2 aliphatic rings. The number of aryl methyl sites for hydroxylation is 1. The fourth-order valence-corrected chi connectivity index (χ4v) is 6.34. The number of hydrogen-bond donors (Lipinski definition) is 1. The van der Waals surface area contributed by atoms with Gasteiger partial charge in [-0.05, 0) is 56.3 Å². The average Bonchev–Trinajstić information content (AvgIpc) is 3.03. The van der Waals surface area contributed by atoms with Crippen LogP contribution < -0.4 is 5.73 Å². The molecule has 170 valence electrons. The molecule has 2 N–H and O–H groups in total. The molecule has 1 aliphatic heterocycles. The Labute approximate surface area is 192 Å². The van der Waals surface area contributed by atoms with Crippen LogP contribution in [-0.2, 0) is 12.0 Å². The van der Waals surface area contributed by atoms with Crippen LogP contribution >= 0.6 is 0 Å². The maximum atomic E-state index is 5.84. The van der Waals surface area contributed by atoms with Gasteiger partial charge in [-0.2, -0.15) is 0 Å². The normalized spacial score (nSPS) is 20.4. The predicted octanol–water partition coefficient (Wildman–Crippen LogP) is 5.81. The van der Waals surface area contributed by atoms with E-state index in [1.54, 1.807) is 0 Å². The lowest BCUT2D eigenvalue weighted by molar-refractivity contribution is 0.0356. The second-order valence-corrected chi connectivity index (χ2v) is 9.81. The van der Waals surface area contributed by atoms with Crippen LogP contribution in [0.1, 0.15) is 75.2 Å². The van der Waals surface area contributed by atoms with E-state index in [9.17, 15) is 0 Å². The first-order valence-corrected chi connectivity index (χ1v) is 12.8. The molecule has 2 fully saturated rings. The Hall–Kier alpha value is -2.17. The Morgan fingerprint density at radius 3 is 2.28 bits per heavy atom. The summed E-state index contributed by atoms with van der Waals surface area (Å²) in [4.78, 5) is 7.85. The van der Waals surface area contributed by atoms with Gasteiger partial charge < -0.3 is 10.3 Å². The minimum Gasteiger partial charge on any atom is -0.330 e. The number of para-hydroxylation sites is 2. The molecule has 0 bridgehead atoms. The molecule has 0 amide bonds. The summed E-state index contributed by atoms with van der Waals surface area (Å²) in [6.45, 7) is 3.06. The molecule has 0 spiro atoms. The Kier molecular flexibility index (Phi) is 6.61. The van der Waals surface area contributed by atoms with E-state index in [0.717, 1.165) is 24.9 Å². The van der Waals surface area contributed by atoms with Crippen LogP contribution in [-0.4, -0.2) is 34.1 Å². The van der Waals surface area contributed by atoms with Crippen molar-refractivity contribution in [1.29, 1.82) is 0 Å². The minimum absolute atomic E-state index is 0.224. The van der Waals surface area contributed by atoms with Gasteiger partial charge in [-0.15, -0.1) is 0 Å². The highest BCUT2D eigenvalue weighted by atomic mass is 15.2. The van der Waals surface area contributed by atoms with E-state index in [1.807, 2.05) is 0 Å². The highest BCUT2D eigenvalue weighted by Gasteiger charge is 2.40. The second kappa shape index (κ2) is 9.76. The topological polar surface area (TPSA) is 47.1 Å². The van der Waals surface area contributed by atoms with Gasteiger partial charge in [0.1, 0.15) is 5.82 Å². The fraction of sp³-hybridized carbons (Fsp3) is 0.536. The number of imidazole rings is 1. The third-order valence-electron chi connectivity index (χ3n) is 7.95. The van der Waals surface area contributed by atoms with E-state index in [0.29, 0.717) is 6.04 Å². The monoisotopic (exact) mass is 430 g/mol. The molecule has 2 heterocycles. The van der Waals surface area contributed by atoms with Crippen molar-refractivity contribution in [3.05, 3.63) is 66.0 Å². The second-order valence-electron chi connectivity index (χ2n) is 9.81. The number of fused-ring (bicyclic) bond motifs is 1. The van der Waals surface area contributed by atoms with Crippen molar-refractivity contribution in [3.8, 4) is 0 Å². The maximum Gasteiger partial charge on any atom is 0.110 e. The molecule has 4 heteroatoms. The van der Waals surface area contributed by atoms with E-state index in [4.69, 9.17) is 10.7 Å². The lowest BCUT2D eigenvalue weighted by atomic mass is 9.79. The molecular weight excluding hydrogens is 392 g/mol. The highest BCUT2D eigenvalue weighted by Crippen LogP contribution is 2.44. The number of piperidine rings is 1. The van der Waals surface area contributed by atoms with Crippen molar-refractivity contribution in [2.24, 2.45) is 5.73 Å². The molecule has 2 aromatic carbocycles. The van der Waals surface area contributed by atoms with Crippen LogP contribution in [0.3, 0.4) is 0 Å². The maximum absolute atomic E-state index is 5.84. The third-order valence-corrected chi connectivity index (χ3v) is 7.95. The van der Waals surface area contributed by atoms with Crippen LogP contribution in [0, 0.1) is 0 Å². The summed E-state index contributed by atoms with van der Waals surface area (Å²) in [5.41, 5.74) is 10.0. The van der Waals surface area contributed by atoms with Gasteiger partial charge in [-0.1, -0.05) is 68.1 Å². The van der Waals surface area contributed by atoms with Gasteiger partial charge in [0, 0.05) is 31.1 Å². The third kappa shape index (κ3) is 4.11. The zero-order chi connectivity index (χ0) is 21.8. The smallest absolute Gasteiger partial charge is 0.110 e. The summed E-state index contributed by atoms with van der Waals surface area (Å²) in [5.74, 6) is 1.22. The molecular formula is C28H38N4. The number of nitrogens with zero attached hydrogens (tertiary/aromatic N) is 3. The average molecular weight is 431 g/mol. The first-order valence-electron chi connectivity index (χ1n) is 12.8. The minimum atomic E-state index is 0.224. The number of aromatic nitrogens is 2. The zero-order valence-electron chi connectivity index (χ0n) is 19.4. The summed E-state index contributed by atoms with van der Waals surface area (Å²) in [6.07, 6.45) is 12.4. The van der Waals surface area contributed by atoms with Crippen molar-refractivity contribution >= 4 is 11.0 Å². The largest absolute Gasteiger partial charge is 0.330 e. The molecule has 0 unspecified atom stereocenters. The molecule has 0 radical (unpaired) electrons. The van der Waals surface area contributed by atoms with E-state index >= 15 is 0 Å². The molecule has 4 nitrogen and oxygen atoms in total. The SMILES string of the molecule is NCCCc1nc2ccccc2n1C1CCN(C2(c3ccccc3)CCCCCC2)CC1. The van der Waals surface area contributed by atoms with E-state index in [1.165, 1.54) is 81.4 Å². The molecule has 1 saturated carbocycles. The van der Waals surface area contributed by atoms with Gasteiger partial charge in [0.15, 0.2) is 0 Å². The van der Waals surface area contributed by atoms with Crippen molar-refractivity contribution in [3.63, 3.8) is 0 Å². The summed E-state index contributed by atoms with van der Waals surface area (Å²) in [5, 5.41) is 0. The number of benzene rings is 2. The number of hydrogen-bond acceptors (Lipinski definition) is 3. The molecule has 1 aliphatic carbocycles.